The fraction of sp³-hybridized carbons (Fsp3) is 0.318. The number of para-hydroxylation sites is 1. The Bertz CT molecular complexity index is 1090. The predicted octanol–water partition coefficient (Wildman–Crippen LogP) is 3.68. The van der Waals surface area contributed by atoms with E-state index in [1.807, 2.05) is 24.3 Å². The standard InChI is InChI=1S/C22H23N3O4S/c1-2-16(29-22(28)18-12-14-8-6-7-11-17(14)30-18)21(27)23-19-13-20(26)25(24-19)15-9-4-3-5-10-15/h3-5,9-10,12-13,16,24H,2,6-8,11H2,1H3,(H,23,27). The van der Waals surface area contributed by atoms with Crippen molar-refractivity contribution in [2.45, 2.75) is 45.1 Å². The Morgan fingerprint density at radius 1 is 1.20 bits per heavy atom. The summed E-state index contributed by atoms with van der Waals surface area (Å²) in [7, 11) is 0. The molecular formula is C22H23N3O4S. The van der Waals surface area contributed by atoms with Gasteiger partial charge in [0.25, 0.3) is 11.5 Å². The first kappa shape index (κ1) is 20.2. The molecule has 2 heterocycles. The van der Waals surface area contributed by atoms with Crippen LogP contribution in [0.3, 0.4) is 0 Å². The minimum atomic E-state index is -0.944. The Kier molecular flexibility index (Phi) is 5.85. The molecule has 1 aliphatic carbocycles. The van der Waals surface area contributed by atoms with Gasteiger partial charge in [0.05, 0.1) is 5.69 Å². The van der Waals surface area contributed by atoms with E-state index in [4.69, 9.17) is 4.74 Å². The van der Waals surface area contributed by atoms with Gasteiger partial charge in [-0.3, -0.25) is 14.7 Å². The van der Waals surface area contributed by atoms with E-state index in [1.54, 1.807) is 19.1 Å². The largest absolute Gasteiger partial charge is 0.448 e. The summed E-state index contributed by atoms with van der Waals surface area (Å²) < 4.78 is 6.81. The van der Waals surface area contributed by atoms with Crippen LogP contribution in [0.5, 0.6) is 0 Å². The van der Waals surface area contributed by atoms with Crippen molar-refractivity contribution in [1.82, 2.24) is 9.78 Å². The lowest BCUT2D eigenvalue weighted by Gasteiger charge is -2.14. The highest BCUT2D eigenvalue weighted by atomic mass is 32.1. The predicted molar refractivity (Wildman–Crippen MR) is 115 cm³/mol. The number of carbonyl (C=O) groups excluding carboxylic acids is 2. The quantitative estimate of drug-likeness (QED) is 0.589. The van der Waals surface area contributed by atoms with Crippen molar-refractivity contribution < 1.29 is 14.3 Å². The molecule has 1 unspecified atom stereocenters. The number of nitrogens with one attached hydrogen (secondary N) is 2. The van der Waals surface area contributed by atoms with E-state index in [2.05, 4.69) is 10.4 Å². The second-order valence-corrected chi connectivity index (χ2v) is 8.37. The molecule has 2 aromatic heterocycles. The molecule has 0 saturated carbocycles. The van der Waals surface area contributed by atoms with Crippen LogP contribution in [0.1, 0.15) is 46.3 Å². The van der Waals surface area contributed by atoms with Gasteiger partial charge in [0.15, 0.2) is 6.10 Å². The lowest BCUT2D eigenvalue weighted by atomic mass is 9.99. The zero-order chi connectivity index (χ0) is 21.1. The summed E-state index contributed by atoms with van der Waals surface area (Å²) in [6, 6.07) is 12.2. The van der Waals surface area contributed by atoms with Crippen LogP contribution in [0, 0.1) is 0 Å². The van der Waals surface area contributed by atoms with Crippen molar-refractivity contribution in [3.05, 3.63) is 68.1 Å². The monoisotopic (exact) mass is 425 g/mol. The average Bonchev–Trinajstić information content (AvgIpc) is 3.35. The minimum Gasteiger partial charge on any atom is -0.448 e. The summed E-state index contributed by atoms with van der Waals surface area (Å²) >= 11 is 1.46. The lowest BCUT2D eigenvalue weighted by molar-refractivity contribution is -0.124. The molecular weight excluding hydrogens is 402 g/mol. The maximum Gasteiger partial charge on any atom is 0.349 e. The van der Waals surface area contributed by atoms with Crippen LogP contribution in [0.4, 0.5) is 5.82 Å². The number of hydrogen-bond acceptors (Lipinski definition) is 5. The smallest absolute Gasteiger partial charge is 0.349 e. The van der Waals surface area contributed by atoms with Gasteiger partial charge in [-0.05, 0) is 55.9 Å². The SMILES string of the molecule is CCC(OC(=O)c1cc2c(s1)CCCC2)C(=O)Nc1cc(=O)n(-c2ccccc2)[nH]1. The van der Waals surface area contributed by atoms with E-state index in [1.165, 1.54) is 32.5 Å². The van der Waals surface area contributed by atoms with E-state index in [0.29, 0.717) is 17.0 Å². The fourth-order valence-corrected chi connectivity index (χ4v) is 4.68. The molecule has 0 bridgehead atoms. The van der Waals surface area contributed by atoms with Gasteiger partial charge in [-0.25, -0.2) is 9.48 Å². The number of amides is 1. The molecule has 0 aliphatic heterocycles. The number of benzene rings is 1. The molecule has 30 heavy (non-hydrogen) atoms. The Morgan fingerprint density at radius 3 is 2.70 bits per heavy atom. The molecule has 156 valence electrons. The van der Waals surface area contributed by atoms with Gasteiger partial charge in [-0.15, -0.1) is 11.3 Å². The number of nitrogens with zero attached hydrogens (tertiary/aromatic N) is 1. The number of esters is 1. The summed E-state index contributed by atoms with van der Waals surface area (Å²) in [5, 5.41) is 5.50. The van der Waals surface area contributed by atoms with Gasteiger partial charge >= 0.3 is 5.97 Å². The fourth-order valence-electron chi connectivity index (χ4n) is 3.54. The highest BCUT2D eigenvalue weighted by Crippen LogP contribution is 2.30. The van der Waals surface area contributed by atoms with E-state index in [0.717, 1.165) is 25.7 Å². The van der Waals surface area contributed by atoms with Crippen molar-refractivity contribution >= 4 is 29.0 Å². The molecule has 1 aliphatic rings. The van der Waals surface area contributed by atoms with Crippen molar-refractivity contribution in [3.8, 4) is 5.69 Å². The number of aromatic amines is 1. The maximum absolute atomic E-state index is 12.6. The van der Waals surface area contributed by atoms with Crippen molar-refractivity contribution in [2.75, 3.05) is 5.32 Å². The topological polar surface area (TPSA) is 93.2 Å². The Morgan fingerprint density at radius 2 is 1.97 bits per heavy atom. The van der Waals surface area contributed by atoms with Crippen molar-refractivity contribution in [2.24, 2.45) is 0 Å². The zero-order valence-corrected chi connectivity index (χ0v) is 17.5. The normalized spacial score (nSPS) is 14.0. The molecule has 1 aromatic carbocycles. The number of ether oxygens (including phenoxy) is 1. The molecule has 0 fully saturated rings. The second kappa shape index (κ2) is 8.71. The van der Waals surface area contributed by atoms with Crippen LogP contribution in [0.25, 0.3) is 5.69 Å². The minimum absolute atomic E-state index is 0.245. The maximum atomic E-state index is 12.6. The van der Waals surface area contributed by atoms with Crippen LogP contribution >= 0.6 is 11.3 Å². The van der Waals surface area contributed by atoms with E-state index in [-0.39, 0.29) is 11.4 Å². The molecule has 8 heteroatoms. The third kappa shape index (κ3) is 4.23. The summed E-state index contributed by atoms with van der Waals surface area (Å²) in [4.78, 5) is 39.2. The number of anilines is 1. The molecule has 1 amide bonds. The number of rotatable bonds is 6. The number of H-pyrrole nitrogens is 1. The highest BCUT2D eigenvalue weighted by molar-refractivity contribution is 7.14. The average molecular weight is 426 g/mol. The van der Waals surface area contributed by atoms with Crippen LogP contribution in [-0.4, -0.2) is 27.8 Å². The van der Waals surface area contributed by atoms with Crippen LogP contribution in [0.15, 0.2) is 47.3 Å². The first-order valence-corrected chi connectivity index (χ1v) is 10.9. The lowest BCUT2D eigenvalue weighted by Crippen LogP contribution is -2.32. The molecule has 0 radical (unpaired) electrons. The van der Waals surface area contributed by atoms with E-state index >= 15 is 0 Å². The van der Waals surface area contributed by atoms with Crippen molar-refractivity contribution in [1.29, 1.82) is 0 Å². The van der Waals surface area contributed by atoms with Gasteiger partial charge in [0.2, 0.25) is 0 Å². The molecule has 0 spiro atoms. The molecule has 1 atom stereocenters. The summed E-state index contributed by atoms with van der Waals surface area (Å²) in [6.07, 6.45) is 3.65. The van der Waals surface area contributed by atoms with Crippen LogP contribution < -0.4 is 10.9 Å². The molecule has 0 saturated heterocycles. The Labute approximate surface area is 177 Å². The molecule has 4 rings (SSSR count). The van der Waals surface area contributed by atoms with Gasteiger partial charge in [0.1, 0.15) is 10.7 Å². The van der Waals surface area contributed by atoms with E-state index in [9.17, 15) is 14.4 Å². The Hall–Kier alpha value is -3.13. The number of carbonyl (C=O) groups is 2. The third-order valence-corrected chi connectivity index (χ3v) is 6.32. The highest BCUT2D eigenvalue weighted by Gasteiger charge is 2.25. The Balaban J connectivity index is 1.44. The number of fused-ring (bicyclic) bond motifs is 1. The number of aryl methyl sites for hydroxylation is 2. The summed E-state index contributed by atoms with van der Waals surface area (Å²) in [5.74, 6) is -0.713. The number of thiophene rings is 1. The third-order valence-electron chi connectivity index (χ3n) is 5.10. The van der Waals surface area contributed by atoms with Gasteiger partial charge in [-0.1, -0.05) is 25.1 Å². The number of aromatic nitrogens is 2. The van der Waals surface area contributed by atoms with Crippen LogP contribution in [-0.2, 0) is 22.4 Å². The zero-order valence-electron chi connectivity index (χ0n) is 16.6. The molecule has 7 nitrogen and oxygen atoms in total. The van der Waals surface area contributed by atoms with Gasteiger partial charge in [0, 0.05) is 10.9 Å². The summed E-state index contributed by atoms with van der Waals surface area (Å²) in [6.45, 7) is 1.77. The van der Waals surface area contributed by atoms with Crippen molar-refractivity contribution in [3.63, 3.8) is 0 Å². The van der Waals surface area contributed by atoms with Gasteiger partial charge in [-0.2, -0.15) is 0 Å². The summed E-state index contributed by atoms with van der Waals surface area (Å²) in [5.41, 5.74) is 1.57. The molecule has 3 aromatic rings. The van der Waals surface area contributed by atoms with E-state index < -0.39 is 18.0 Å². The first-order chi connectivity index (χ1) is 14.5. The first-order valence-electron chi connectivity index (χ1n) is 10.1. The molecule has 2 N–H and O–H groups in total. The second-order valence-electron chi connectivity index (χ2n) is 7.24. The van der Waals surface area contributed by atoms with Crippen LogP contribution in [0.2, 0.25) is 0 Å². The van der Waals surface area contributed by atoms with Gasteiger partial charge < -0.3 is 10.1 Å². The number of hydrogen-bond donors (Lipinski definition) is 2.